The summed E-state index contributed by atoms with van der Waals surface area (Å²) in [5.41, 5.74) is 1.86. The molecule has 0 unspecified atom stereocenters. The molecule has 0 saturated carbocycles. The Bertz CT molecular complexity index is 546. The van der Waals surface area contributed by atoms with Crippen LogP contribution in [0, 0.1) is 5.92 Å². The smallest absolute Gasteiger partial charge is 0.119 e. The van der Waals surface area contributed by atoms with Crippen LogP contribution in [0.4, 0.5) is 0 Å². The minimum absolute atomic E-state index is 0.0265. The predicted molar refractivity (Wildman–Crippen MR) is 83.3 cm³/mol. The Balaban J connectivity index is 1.87. The van der Waals surface area contributed by atoms with Crippen molar-refractivity contribution in [1.82, 2.24) is 0 Å². The van der Waals surface area contributed by atoms with Crippen molar-refractivity contribution in [3.05, 3.63) is 59.7 Å². The molecule has 3 nitrogen and oxygen atoms in total. The van der Waals surface area contributed by atoms with Crippen LogP contribution in [0.25, 0.3) is 0 Å². The minimum atomic E-state index is -0.666. The van der Waals surface area contributed by atoms with Crippen LogP contribution in [0.15, 0.2) is 48.5 Å². The fourth-order valence-electron chi connectivity index (χ4n) is 2.54. The normalized spacial score (nSPS) is 13.8. The summed E-state index contributed by atoms with van der Waals surface area (Å²) >= 11 is 0. The van der Waals surface area contributed by atoms with E-state index in [1.165, 1.54) is 23.8 Å². The molecule has 0 radical (unpaired) electrons. The van der Waals surface area contributed by atoms with E-state index in [1.54, 1.807) is 0 Å². The molecule has 0 heterocycles. The highest BCUT2D eigenvalue weighted by atomic mass is 16.3. The monoisotopic (exact) mass is 286 g/mol. The van der Waals surface area contributed by atoms with Gasteiger partial charge < -0.3 is 15.3 Å². The summed E-state index contributed by atoms with van der Waals surface area (Å²) < 4.78 is 0. The average Bonchev–Trinajstić information content (AvgIpc) is 2.45. The van der Waals surface area contributed by atoms with Crippen LogP contribution in [-0.4, -0.2) is 15.3 Å². The van der Waals surface area contributed by atoms with Crippen molar-refractivity contribution >= 4 is 0 Å². The van der Waals surface area contributed by atoms with Crippen molar-refractivity contribution < 1.29 is 15.3 Å². The zero-order chi connectivity index (χ0) is 15.2. The Hall–Kier alpha value is -2.00. The molecule has 0 bridgehead atoms. The van der Waals surface area contributed by atoms with Gasteiger partial charge in [0.2, 0.25) is 0 Å². The van der Waals surface area contributed by atoms with Crippen LogP contribution < -0.4 is 0 Å². The molecule has 0 aliphatic heterocycles. The highest BCUT2D eigenvalue weighted by molar-refractivity contribution is 5.37. The third-order valence-corrected chi connectivity index (χ3v) is 3.67. The van der Waals surface area contributed by atoms with Crippen molar-refractivity contribution in [3.63, 3.8) is 0 Å². The number of phenolic OH excluding ortho intramolecular Hbond substituents is 2. The van der Waals surface area contributed by atoms with Crippen molar-refractivity contribution in [2.45, 2.75) is 32.3 Å². The molecule has 0 aliphatic carbocycles. The second-order valence-corrected chi connectivity index (χ2v) is 5.67. The van der Waals surface area contributed by atoms with Gasteiger partial charge in [0.1, 0.15) is 11.5 Å². The molecule has 0 amide bonds. The first-order valence-corrected chi connectivity index (χ1v) is 7.29. The molecule has 21 heavy (non-hydrogen) atoms. The van der Waals surface area contributed by atoms with Gasteiger partial charge in [-0.05, 0) is 48.4 Å². The fourth-order valence-corrected chi connectivity index (χ4v) is 2.54. The first-order chi connectivity index (χ1) is 10.0. The number of hydrogen-bond donors (Lipinski definition) is 3. The minimum Gasteiger partial charge on any atom is -0.508 e. The van der Waals surface area contributed by atoms with Crippen LogP contribution in [0.2, 0.25) is 0 Å². The lowest BCUT2D eigenvalue weighted by Gasteiger charge is -2.16. The van der Waals surface area contributed by atoms with E-state index in [0.717, 1.165) is 12.8 Å². The molecule has 3 N–H and O–H groups in total. The van der Waals surface area contributed by atoms with Gasteiger partial charge in [-0.1, -0.05) is 37.3 Å². The van der Waals surface area contributed by atoms with Crippen LogP contribution >= 0.6 is 0 Å². The van der Waals surface area contributed by atoms with E-state index in [4.69, 9.17) is 0 Å². The second-order valence-electron chi connectivity index (χ2n) is 5.67. The lowest BCUT2D eigenvalue weighted by molar-refractivity contribution is 0.157. The average molecular weight is 286 g/mol. The number of aliphatic hydroxyl groups excluding tert-OH is 1. The molecule has 0 spiro atoms. The SMILES string of the molecule is C[C@H](CC[C@H](O)c1cc(O)cc(O)c1)Cc1ccccc1. The zero-order valence-electron chi connectivity index (χ0n) is 12.2. The third kappa shape index (κ3) is 4.80. The van der Waals surface area contributed by atoms with E-state index in [-0.39, 0.29) is 11.5 Å². The molecule has 2 atom stereocenters. The highest BCUT2D eigenvalue weighted by Crippen LogP contribution is 2.28. The molecule has 2 rings (SSSR count). The van der Waals surface area contributed by atoms with Crippen molar-refractivity contribution in [2.24, 2.45) is 5.92 Å². The maximum atomic E-state index is 10.2. The van der Waals surface area contributed by atoms with Crippen molar-refractivity contribution in [3.8, 4) is 11.5 Å². The Kier molecular flexibility index (Phi) is 5.23. The molecule has 2 aromatic carbocycles. The van der Waals surface area contributed by atoms with Gasteiger partial charge in [0.15, 0.2) is 0 Å². The quantitative estimate of drug-likeness (QED) is 0.757. The molecule has 3 heteroatoms. The van der Waals surface area contributed by atoms with E-state index in [9.17, 15) is 15.3 Å². The predicted octanol–water partition coefficient (Wildman–Crippen LogP) is 3.79. The fraction of sp³-hybridized carbons (Fsp3) is 0.333. The number of benzene rings is 2. The van der Waals surface area contributed by atoms with Crippen LogP contribution in [-0.2, 0) is 6.42 Å². The Morgan fingerprint density at radius 3 is 2.14 bits per heavy atom. The van der Waals surface area contributed by atoms with E-state index in [2.05, 4.69) is 19.1 Å². The summed E-state index contributed by atoms with van der Waals surface area (Å²) in [7, 11) is 0. The molecule has 0 aliphatic rings. The summed E-state index contributed by atoms with van der Waals surface area (Å²) in [4.78, 5) is 0. The summed E-state index contributed by atoms with van der Waals surface area (Å²) in [5, 5.41) is 29.0. The van der Waals surface area contributed by atoms with Crippen LogP contribution in [0.5, 0.6) is 11.5 Å². The maximum Gasteiger partial charge on any atom is 0.119 e. The number of aliphatic hydroxyl groups is 1. The number of aromatic hydroxyl groups is 2. The van der Waals surface area contributed by atoms with Gasteiger partial charge in [-0.25, -0.2) is 0 Å². The van der Waals surface area contributed by atoms with Gasteiger partial charge >= 0.3 is 0 Å². The van der Waals surface area contributed by atoms with Crippen LogP contribution in [0.3, 0.4) is 0 Å². The summed E-state index contributed by atoms with van der Waals surface area (Å²) in [6.45, 7) is 2.17. The molecule has 0 saturated heterocycles. The molecule has 2 aromatic rings. The highest BCUT2D eigenvalue weighted by Gasteiger charge is 2.12. The third-order valence-electron chi connectivity index (χ3n) is 3.67. The van der Waals surface area contributed by atoms with E-state index >= 15 is 0 Å². The lowest BCUT2D eigenvalue weighted by atomic mass is 9.93. The molecule has 0 aromatic heterocycles. The van der Waals surface area contributed by atoms with Gasteiger partial charge in [0.05, 0.1) is 6.10 Å². The second kappa shape index (κ2) is 7.14. The first-order valence-electron chi connectivity index (χ1n) is 7.29. The van der Waals surface area contributed by atoms with E-state index < -0.39 is 6.10 Å². The maximum absolute atomic E-state index is 10.2. The van der Waals surface area contributed by atoms with Gasteiger partial charge in [-0.3, -0.25) is 0 Å². The van der Waals surface area contributed by atoms with Gasteiger partial charge in [0, 0.05) is 6.07 Å². The molecular weight excluding hydrogens is 264 g/mol. The van der Waals surface area contributed by atoms with Gasteiger partial charge in [-0.2, -0.15) is 0 Å². The Labute approximate surface area is 125 Å². The lowest BCUT2D eigenvalue weighted by Crippen LogP contribution is -2.04. The Morgan fingerprint density at radius 1 is 0.905 bits per heavy atom. The topological polar surface area (TPSA) is 60.7 Å². The molecular formula is C18H22O3. The van der Waals surface area contributed by atoms with E-state index in [0.29, 0.717) is 17.9 Å². The van der Waals surface area contributed by atoms with Crippen LogP contribution in [0.1, 0.15) is 37.0 Å². The number of phenols is 2. The summed E-state index contributed by atoms with van der Waals surface area (Å²) in [5.74, 6) is 0.413. The standard InChI is InChI=1S/C18H22O3/c1-13(9-14-5-3-2-4-6-14)7-8-18(21)15-10-16(19)12-17(20)11-15/h2-6,10-13,18-21H,7-9H2,1H3/t13-,18+/m1/s1. The van der Waals surface area contributed by atoms with Crippen molar-refractivity contribution in [1.29, 1.82) is 0 Å². The first kappa shape index (κ1) is 15.4. The summed E-state index contributed by atoms with van der Waals surface area (Å²) in [6, 6.07) is 14.5. The number of hydrogen-bond acceptors (Lipinski definition) is 3. The summed E-state index contributed by atoms with van der Waals surface area (Å²) in [6.07, 6.45) is 1.81. The molecule has 0 fully saturated rings. The Morgan fingerprint density at radius 2 is 1.52 bits per heavy atom. The van der Waals surface area contributed by atoms with Gasteiger partial charge in [0.25, 0.3) is 0 Å². The van der Waals surface area contributed by atoms with Crippen molar-refractivity contribution in [2.75, 3.05) is 0 Å². The largest absolute Gasteiger partial charge is 0.508 e. The van der Waals surface area contributed by atoms with E-state index in [1.807, 2.05) is 18.2 Å². The molecule has 112 valence electrons. The zero-order valence-corrected chi connectivity index (χ0v) is 12.2. The number of rotatable bonds is 6. The van der Waals surface area contributed by atoms with Gasteiger partial charge in [-0.15, -0.1) is 0 Å².